The summed E-state index contributed by atoms with van der Waals surface area (Å²) in [6.45, 7) is 1.96. The number of rotatable bonds is 2. The molecule has 0 spiro atoms. The summed E-state index contributed by atoms with van der Waals surface area (Å²) in [4.78, 5) is 12.0. The van der Waals surface area contributed by atoms with Crippen molar-refractivity contribution in [2.75, 3.05) is 0 Å². The van der Waals surface area contributed by atoms with Crippen LogP contribution in [0.25, 0.3) is 0 Å². The lowest BCUT2D eigenvalue weighted by Gasteiger charge is -2.00. The van der Waals surface area contributed by atoms with Gasteiger partial charge in [-0.05, 0) is 42.1 Å². The number of aryl methyl sites for hydroxylation is 1. The standard InChI is InChI=1S/C12H9BrOS/c1-8-6-15-7-11(8)12(14)9-2-4-10(13)5-3-9/h2-7H,1H3. The largest absolute Gasteiger partial charge is 0.289 e. The van der Waals surface area contributed by atoms with Gasteiger partial charge in [-0.1, -0.05) is 15.9 Å². The molecule has 0 N–H and O–H groups in total. The van der Waals surface area contributed by atoms with Gasteiger partial charge in [-0.15, -0.1) is 0 Å². The van der Waals surface area contributed by atoms with E-state index in [2.05, 4.69) is 15.9 Å². The lowest BCUT2D eigenvalue weighted by atomic mass is 10.0. The molecule has 15 heavy (non-hydrogen) atoms. The summed E-state index contributed by atoms with van der Waals surface area (Å²) < 4.78 is 0.987. The third kappa shape index (κ3) is 2.19. The number of ketones is 1. The van der Waals surface area contributed by atoms with Crippen LogP contribution in [-0.2, 0) is 0 Å². The third-order valence-corrected chi connectivity index (χ3v) is 3.60. The highest BCUT2D eigenvalue weighted by Crippen LogP contribution is 2.19. The first kappa shape index (κ1) is 10.6. The molecule has 0 aliphatic heterocycles. The maximum absolute atomic E-state index is 12.0. The summed E-state index contributed by atoms with van der Waals surface area (Å²) in [5.74, 6) is 0.0984. The molecule has 0 saturated heterocycles. The second-order valence-corrected chi connectivity index (χ2v) is 4.96. The van der Waals surface area contributed by atoms with E-state index in [-0.39, 0.29) is 5.78 Å². The van der Waals surface area contributed by atoms with Crippen LogP contribution in [0.3, 0.4) is 0 Å². The monoisotopic (exact) mass is 280 g/mol. The zero-order chi connectivity index (χ0) is 10.8. The van der Waals surface area contributed by atoms with E-state index in [9.17, 15) is 4.79 Å². The van der Waals surface area contributed by atoms with Crippen LogP contribution in [0.15, 0.2) is 39.5 Å². The number of carbonyl (C=O) groups is 1. The van der Waals surface area contributed by atoms with Crippen LogP contribution in [0.1, 0.15) is 21.5 Å². The normalized spacial score (nSPS) is 10.3. The van der Waals surface area contributed by atoms with Crippen LogP contribution in [0, 0.1) is 6.92 Å². The first-order valence-corrected chi connectivity index (χ1v) is 6.25. The first-order valence-electron chi connectivity index (χ1n) is 4.51. The molecule has 1 aromatic heterocycles. The summed E-state index contributed by atoms with van der Waals surface area (Å²) in [6, 6.07) is 7.44. The van der Waals surface area contributed by atoms with E-state index in [0.29, 0.717) is 0 Å². The van der Waals surface area contributed by atoms with E-state index in [1.54, 1.807) is 11.3 Å². The fourth-order valence-electron chi connectivity index (χ4n) is 1.35. The number of carbonyl (C=O) groups excluding carboxylic acids is 1. The number of halogens is 1. The zero-order valence-electron chi connectivity index (χ0n) is 8.16. The highest BCUT2D eigenvalue weighted by Gasteiger charge is 2.11. The van der Waals surface area contributed by atoms with E-state index in [1.807, 2.05) is 41.9 Å². The summed E-state index contributed by atoms with van der Waals surface area (Å²) in [7, 11) is 0. The molecule has 2 aromatic rings. The lowest BCUT2D eigenvalue weighted by molar-refractivity contribution is 0.103. The average molecular weight is 281 g/mol. The first-order chi connectivity index (χ1) is 7.18. The van der Waals surface area contributed by atoms with Crippen molar-refractivity contribution in [3.05, 3.63) is 56.2 Å². The van der Waals surface area contributed by atoms with Crippen molar-refractivity contribution in [2.24, 2.45) is 0 Å². The molecule has 1 aromatic carbocycles. The minimum Gasteiger partial charge on any atom is -0.289 e. The van der Waals surface area contributed by atoms with Crippen LogP contribution >= 0.6 is 27.3 Å². The number of thiophene rings is 1. The van der Waals surface area contributed by atoms with Crippen molar-refractivity contribution in [2.45, 2.75) is 6.92 Å². The number of hydrogen-bond donors (Lipinski definition) is 0. The second kappa shape index (κ2) is 4.29. The molecule has 0 amide bonds. The average Bonchev–Trinajstić information content (AvgIpc) is 2.65. The van der Waals surface area contributed by atoms with Crippen molar-refractivity contribution < 1.29 is 4.79 Å². The Balaban J connectivity index is 2.37. The molecular weight excluding hydrogens is 272 g/mol. The van der Waals surface area contributed by atoms with Gasteiger partial charge in [0.2, 0.25) is 0 Å². The summed E-state index contributed by atoms with van der Waals surface area (Å²) in [5.41, 5.74) is 2.59. The minimum absolute atomic E-state index is 0.0984. The van der Waals surface area contributed by atoms with Crippen molar-refractivity contribution in [3.63, 3.8) is 0 Å². The summed E-state index contributed by atoms with van der Waals surface area (Å²) in [6.07, 6.45) is 0. The quantitative estimate of drug-likeness (QED) is 0.759. The van der Waals surface area contributed by atoms with Crippen molar-refractivity contribution in [3.8, 4) is 0 Å². The van der Waals surface area contributed by atoms with Crippen molar-refractivity contribution >= 4 is 33.0 Å². The molecule has 1 nitrogen and oxygen atoms in total. The van der Waals surface area contributed by atoms with E-state index >= 15 is 0 Å². The van der Waals surface area contributed by atoms with Gasteiger partial charge in [0, 0.05) is 21.0 Å². The van der Waals surface area contributed by atoms with Crippen LogP contribution < -0.4 is 0 Å². The number of benzene rings is 1. The smallest absolute Gasteiger partial charge is 0.194 e. The zero-order valence-corrected chi connectivity index (χ0v) is 10.6. The van der Waals surface area contributed by atoms with E-state index in [1.165, 1.54) is 0 Å². The highest BCUT2D eigenvalue weighted by atomic mass is 79.9. The van der Waals surface area contributed by atoms with E-state index in [0.717, 1.165) is 21.2 Å². The molecule has 0 atom stereocenters. The van der Waals surface area contributed by atoms with Gasteiger partial charge in [0.25, 0.3) is 0 Å². The topological polar surface area (TPSA) is 17.1 Å². The van der Waals surface area contributed by atoms with Gasteiger partial charge in [0.05, 0.1) is 0 Å². The number of hydrogen-bond acceptors (Lipinski definition) is 2. The van der Waals surface area contributed by atoms with Gasteiger partial charge in [0.15, 0.2) is 5.78 Å². The SMILES string of the molecule is Cc1cscc1C(=O)c1ccc(Br)cc1. The molecule has 76 valence electrons. The molecule has 3 heteroatoms. The Bertz CT molecular complexity index is 485. The minimum atomic E-state index is 0.0984. The van der Waals surface area contributed by atoms with Gasteiger partial charge in [0.1, 0.15) is 0 Å². The van der Waals surface area contributed by atoms with Gasteiger partial charge in [-0.3, -0.25) is 4.79 Å². The van der Waals surface area contributed by atoms with Crippen molar-refractivity contribution in [1.29, 1.82) is 0 Å². The van der Waals surface area contributed by atoms with Gasteiger partial charge >= 0.3 is 0 Å². The molecule has 0 saturated carbocycles. The molecule has 0 fully saturated rings. The van der Waals surface area contributed by atoms with Gasteiger partial charge < -0.3 is 0 Å². The molecular formula is C12H9BrOS. The van der Waals surface area contributed by atoms with Crippen LogP contribution in [-0.4, -0.2) is 5.78 Å². The Hall–Kier alpha value is -0.930. The maximum atomic E-state index is 12.0. The fourth-order valence-corrected chi connectivity index (χ4v) is 2.44. The highest BCUT2D eigenvalue weighted by molar-refractivity contribution is 9.10. The van der Waals surface area contributed by atoms with Gasteiger partial charge in [-0.2, -0.15) is 11.3 Å². The fraction of sp³-hybridized carbons (Fsp3) is 0.0833. The Labute approximate surface area is 101 Å². The summed E-state index contributed by atoms with van der Waals surface area (Å²) >= 11 is 4.91. The molecule has 0 aliphatic carbocycles. The summed E-state index contributed by atoms with van der Waals surface area (Å²) in [5, 5.41) is 3.89. The molecule has 0 bridgehead atoms. The molecule has 0 radical (unpaired) electrons. The predicted octanol–water partition coefficient (Wildman–Crippen LogP) is 4.05. The van der Waals surface area contributed by atoms with Crippen LogP contribution in [0.2, 0.25) is 0 Å². The molecule has 2 rings (SSSR count). The Morgan fingerprint density at radius 2 is 1.87 bits per heavy atom. The third-order valence-electron chi connectivity index (χ3n) is 2.21. The molecule has 1 heterocycles. The van der Waals surface area contributed by atoms with Crippen molar-refractivity contribution in [1.82, 2.24) is 0 Å². The van der Waals surface area contributed by atoms with Crippen LogP contribution in [0.5, 0.6) is 0 Å². The van der Waals surface area contributed by atoms with Gasteiger partial charge in [-0.25, -0.2) is 0 Å². The second-order valence-electron chi connectivity index (χ2n) is 3.30. The Morgan fingerprint density at radius 1 is 1.20 bits per heavy atom. The van der Waals surface area contributed by atoms with E-state index < -0.39 is 0 Å². The van der Waals surface area contributed by atoms with Crippen LogP contribution in [0.4, 0.5) is 0 Å². The maximum Gasteiger partial charge on any atom is 0.194 e. The Kier molecular flexibility index (Phi) is 3.03. The lowest BCUT2D eigenvalue weighted by Crippen LogP contribution is -2.00. The predicted molar refractivity (Wildman–Crippen MR) is 66.6 cm³/mol. The molecule has 0 unspecified atom stereocenters. The Morgan fingerprint density at radius 3 is 2.40 bits per heavy atom. The van der Waals surface area contributed by atoms with E-state index in [4.69, 9.17) is 0 Å². The molecule has 0 aliphatic rings.